The van der Waals surface area contributed by atoms with Crippen LogP contribution in [0.5, 0.6) is 0 Å². The van der Waals surface area contributed by atoms with Crippen LogP contribution in [0.2, 0.25) is 0 Å². The molecule has 0 atom stereocenters. The Labute approximate surface area is 129 Å². The van der Waals surface area contributed by atoms with Gasteiger partial charge < -0.3 is 9.90 Å². The van der Waals surface area contributed by atoms with E-state index in [1.165, 1.54) is 12.1 Å². The number of nitrogens with one attached hydrogen (secondary N) is 1. The predicted octanol–water partition coefficient (Wildman–Crippen LogP) is 1.87. The first-order valence-corrected chi connectivity index (χ1v) is 7.60. The van der Waals surface area contributed by atoms with E-state index in [9.17, 15) is 31.5 Å². The maximum Gasteiger partial charge on any atom is 0.417 e. The summed E-state index contributed by atoms with van der Waals surface area (Å²) in [5.74, 6) is -1.54. The van der Waals surface area contributed by atoms with Crippen molar-refractivity contribution >= 4 is 21.7 Å². The van der Waals surface area contributed by atoms with Crippen LogP contribution in [-0.4, -0.2) is 14.4 Å². The van der Waals surface area contributed by atoms with Gasteiger partial charge in [-0.3, -0.25) is 4.72 Å². The number of carbonyl (C=O) groups excluding carboxylic acids is 1. The van der Waals surface area contributed by atoms with Gasteiger partial charge in [-0.1, -0.05) is 24.3 Å². The predicted molar refractivity (Wildman–Crippen MR) is 73.0 cm³/mol. The maximum atomic E-state index is 12.9. The average molecular weight is 344 g/mol. The topological polar surface area (TPSA) is 86.3 Å². The first-order chi connectivity index (χ1) is 10.6. The third-order valence-corrected chi connectivity index (χ3v) is 4.27. The molecule has 5 nitrogen and oxygen atoms in total. The highest BCUT2D eigenvalue weighted by Gasteiger charge is 2.36. The Hall–Kier alpha value is -2.55. The number of anilines is 1. The zero-order chi connectivity index (χ0) is 17.3. The van der Waals surface area contributed by atoms with Gasteiger partial charge in [0, 0.05) is 5.69 Å². The van der Waals surface area contributed by atoms with Crippen LogP contribution in [0.4, 0.5) is 18.9 Å². The van der Waals surface area contributed by atoms with Crippen LogP contribution in [0.15, 0.2) is 53.4 Å². The van der Waals surface area contributed by atoms with Crippen molar-refractivity contribution in [2.75, 3.05) is 4.72 Å². The highest BCUT2D eigenvalue weighted by Crippen LogP contribution is 2.34. The smallest absolute Gasteiger partial charge is 0.417 e. The molecule has 0 bridgehead atoms. The quantitative estimate of drug-likeness (QED) is 0.917. The van der Waals surface area contributed by atoms with Gasteiger partial charge in [0.1, 0.15) is 0 Å². The number of halogens is 3. The zero-order valence-corrected chi connectivity index (χ0v) is 12.1. The van der Waals surface area contributed by atoms with E-state index in [0.29, 0.717) is 6.07 Å². The molecule has 0 unspecified atom stereocenters. The Morgan fingerprint density at radius 3 is 2.30 bits per heavy atom. The van der Waals surface area contributed by atoms with Gasteiger partial charge in [0.15, 0.2) is 0 Å². The highest BCUT2D eigenvalue weighted by molar-refractivity contribution is 7.92. The Bertz CT molecular complexity index is 847. The molecule has 2 rings (SSSR count). The van der Waals surface area contributed by atoms with Crippen LogP contribution in [0.25, 0.3) is 0 Å². The minimum absolute atomic E-state index is 0.191. The molecular weight excluding hydrogens is 335 g/mol. The van der Waals surface area contributed by atoms with Gasteiger partial charge in [0.25, 0.3) is 10.0 Å². The lowest BCUT2D eigenvalue weighted by molar-refractivity contribution is -0.255. The summed E-state index contributed by atoms with van der Waals surface area (Å²) in [4.78, 5) is 9.78. The Morgan fingerprint density at radius 2 is 1.70 bits per heavy atom. The molecule has 23 heavy (non-hydrogen) atoms. The molecule has 0 aliphatic rings. The van der Waals surface area contributed by atoms with Gasteiger partial charge in [-0.25, -0.2) is 8.42 Å². The van der Waals surface area contributed by atoms with Crippen molar-refractivity contribution in [2.24, 2.45) is 0 Å². The molecule has 0 aromatic heterocycles. The molecule has 0 amide bonds. The zero-order valence-electron chi connectivity index (χ0n) is 11.3. The number of hydrogen-bond donors (Lipinski definition) is 1. The summed E-state index contributed by atoms with van der Waals surface area (Å²) in [5.41, 5.74) is -1.82. The number of benzene rings is 2. The summed E-state index contributed by atoms with van der Waals surface area (Å²) < 4.78 is 65.0. The second-order valence-electron chi connectivity index (χ2n) is 4.47. The fourth-order valence-electron chi connectivity index (χ4n) is 1.85. The molecule has 0 radical (unpaired) electrons. The number of aromatic carboxylic acids is 1. The molecule has 2 aromatic carbocycles. The van der Waals surface area contributed by atoms with Gasteiger partial charge in [0.2, 0.25) is 0 Å². The van der Waals surface area contributed by atoms with Crippen LogP contribution in [0.1, 0.15) is 15.9 Å². The van der Waals surface area contributed by atoms with Crippen molar-refractivity contribution in [1.29, 1.82) is 0 Å². The summed E-state index contributed by atoms with van der Waals surface area (Å²) in [6.45, 7) is 0. The summed E-state index contributed by atoms with van der Waals surface area (Å²) in [6.07, 6.45) is -4.85. The second kappa shape index (κ2) is 5.92. The van der Waals surface area contributed by atoms with E-state index in [4.69, 9.17) is 0 Å². The third-order valence-electron chi connectivity index (χ3n) is 2.83. The highest BCUT2D eigenvalue weighted by atomic mass is 32.2. The van der Waals surface area contributed by atoms with Crippen molar-refractivity contribution < 1.29 is 31.5 Å². The first kappa shape index (κ1) is 16.8. The fraction of sp³-hybridized carbons (Fsp3) is 0.0714. The number of carboxylic acid groups (broad SMARTS) is 1. The van der Waals surface area contributed by atoms with Crippen LogP contribution >= 0.6 is 0 Å². The van der Waals surface area contributed by atoms with Crippen LogP contribution in [-0.2, 0) is 16.2 Å². The van der Waals surface area contributed by atoms with E-state index >= 15 is 0 Å². The SMILES string of the molecule is O=C([O-])c1cccc(NS(=O)(=O)c2ccccc2C(F)(F)F)c1. The lowest BCUT2D eigenvalue weighted by Gasteiger charge is -2.14. The van der Waals surface area contributed by atoms with E-state index in [2.05, 4.69) is 0 Å². The van der Waals surface area contributed by atoms with Crippen molar-refractivity contribution in [3.05, 3.63) is 59.7 Å². The maximum absolute atomic E-state index is 12.9. The molecule has 0 aliphatic carbocycles. The summed E-state index contributed by atoms with van der Waals surface area (Å²) >= 11 is 0. The number of carboxylic acids is 1. The molecule has 0 saturated heterocycles. The van der Waals surface area contributed by atoms with Gasteiger partial charge in [-0.2, -0.15) is 13.2 Å². The van der Waals surface area contributed by atoms with Gasteiger partial charge >= 0.3 is 6.18 Å². The van der Waals surface area contributed by atoms with Gasteiger partial charge in [-0.15, -0.1) is 0 Å². The summed E-state index contributed by atoms with van der Waals surface area (Å²) in [7, 11) is -4.55. The van der Waals surface area contributed by atoms with Gasteiger partial charge in [0.05, 0.1) is 16.4 Å². The van der Waals surface area contributed by atoms with Crippen LogP contribution in [0, 0.1) is 0 Å². The van der Waals surface area contributed by atoms with E-state index < -0.39 is 32.6 Å². The number of carbonyl (C=O) groups is 1. The number of hydrogen-bond acceptors (Lipinski definition) is 4. The van der Waals surface area contributed by atoms with Crippen LogP contribution < -0.4 is 9.83 Å². The Morgan fingerprint density at radius 1 is 1.04 bits per heavy atom. The molecule has 0 saturated carbocycles. The largest absolute Gasteiger partial charge is 0.545 e. The van der Waals surface area contributed by atoms with Gasteiger partial charge in [-0.05, 0) is 29.8 Å². The van der Waals surface area contributed by atoms with E-state index in [-0.39, 0.29) is 11.3 Å². The van der Waals surface area contributed by atoms with Crippen molar-refractivity contribution in [3.8, 4) is 0 Å². The van der Waals surface area contributed by atoms with E-state index in [0.717, 1.165) is 30.3 Å². The fourth-order valence-corrected chi connectivity index (χ4v) is 3.13. The standard InChI is InChI=1S/C14H10F3NO4S/c15-14(16,17)11-6-1-2-7-12(11)23(21,22)18-10-5-3-4-9(8-10)13(19)20/h1-8,18H,(H,19,20)/p-1. The number of alkyl halides is 3. The summed E-state index contributed by atoms with van der Waals surface area (Å²) in [6, 6.07) is 8.23. The molecule has 9 heteroatoms. The van der Waals surface area contributed by atoms with Crippen molar-refractivity contribution in [1.82, 2.24) is 0 Å². The normalized spacial score (nSPS) is 12.0. The molecule has 0 fully saturated rings. The average Bonchev–Trinajstić information content (AvgIpc) is 2.46. The Kier molecular flexibility index (Phi) is 4.33. The Balaban J connectivity index is 2.45. The van der Waals surface area contributed by atoms with Crippen molar-refractivity contribution in [2.45, 2.75) is 11.1 Å². The van der Waals surface area contributed by atoms with Crippen LogP contribution in [0.3, 0.4) is 0 Å². The number of sulfonamides is 1. The van der Waals surface area contributed by atoms with E-state index in [1.807, 2.05) is 4.72 Å². The third kappa shape index (κ3) is 3.81. The molecule has 0 aliphatic heterocycles. The molecule has 0 heterocycles. The molecule has 2 aromatic rings. The molecule has 0 spiro atoms. The molecular formula is C14H9F3NO4S-. The summed E-state index contributed by atoms with van der Waals surface area (Å²) in [5, 5.41) is 10.7. The van der Waals surface area contributed by atoms with Crippen molar-refractivity contribution in [3.63, 3.8) is 0 Å². The molecule has 122 valence electrons. The lowest BCUT2D eigenvalue weighted by atomic mass is 10.2. The monoisotopic (exact) mass is 344 g/mol. The second-order valence-corrected chi connectivity index (χ2v) is 6.12. The molecule has 1 N–H and O–H groups in total. The van der Waals surface area contributed by atoms with E-state index in [1.54, 1.807) is 0 Å². The first-order valence-electron chi connectivity index (χ1n) is 6.12. The lowest BCUT2D eigenvalue weighted by Crippen LogP contribution is -2.23. The minimum atomic E-state index is -4.85. The minimum Gasteiger partial charge on any atom is -0.545 e. The number of rotatable bonds is 4.